The van der Waals surface area contributed by atoms with E-state index in [9.17, 15) is 15.2 Å². The van der Waals surface area contributed by atoms with Crippen LogP contribution in [0.4, 0.5) is 5.69 Å². The number of nitrogens with zero attached hydrogens (tertiary/aromatic N) is 1. The van der Waals surface area contributed by atoms with Crippen LogP contribution in [-0.2, 0) is 5.41 Å². The topological polar surface area (TPSA) is 63.4 Å². The van der Waals surface area contributed by atoms with Gasteiger partial charge in [0.05, 0.1) is 4.92 Å². The summed E-state index contributed by atoms with van der Waals surface area (Å²) in [5, 5.41) is 20.1. The normalized spacial score (nSPS) is 11.4. The van der Waals surface area contributed by atoms with Crippen molar-refractivity contribution in [3.05, 3.63) is 33.9 Å². The van der Waals surface area contributed by atoms with E-state index in [0.29, 0.717) is 5.56 Å². The summed E-state index contributed by atoms with van der Waals surface area (Å²) >= 11 is 0. The molecule has 0 amide bonds. The molecule has 14 heavy (non-hydrogen) atoms. The van der Waals surface area contributed by atoms with Gasteiger partial charge in [-0.1, -0.05) is 32.9 Å². The fourth-order valence-electron chi connectivity index (χ4n) is 1.33. The number of nitro groups is 1. The van der Waals surface area contributed by atoms with Crippen LogP contribution < -0.4 is 0 Å². The summed E-state index contributed by atoms with van der Waals surface area (Å²) in [5.74, 6) is -0.276. The number of benzene rings is 1. The zero-order chi connectivity index (χ0) is 10.9. The molecule has 0 fully saturated rings. The lowest BCUT2D eigenvalue weighted by Crippen LogP contribution is -2.13. The van der Waals surface area contributed by atoms with Gasteiger partial charge in [0.15, 0.2) is 5.75 Å². The molecule has 0 spiro atoms. The van der Waals surface area contributed by atoms with Gasteiger partial charge in [0.25, 0.3) is 0 Å². The fraction of sp³-hybridized carbons (Fsp3) is 0.400. The molecule has 1 rings (SSSR count). The van der Waals surface area contributed by atoms with Crippen LogP contribution in [0.25, 0.3) is 0 Å². The van der Waals surface area contributed by atoms with Gasteiger partial charge in [-0.25, -0.2) is 0 Å². The second-order valence-electron chi connectivity index (χ2n) is 4.18. The molecular formula is C10H13NO3. The van der Waals surface area contributed by atoms with Gasteiger partial charge >= 0.3 is 5.69 Å². The average molecular weight is 195 g/mol. The molecule has 0 aliphatic carbocycles. The van der Waals surface area contributed by atoms with E-state index in [1.807, 2.05) is 20.8 Å². The first-order chi connectivity index (χ1) is 6.34. The van der Waals surface area contributed by atoms with Crippen LogP contribution in [0.15, 0.2) is 18.2 Å². The summed E-state index contributed by atoms with van der Waals surface area (Å²) < 4.78 is 0. The standard InChI is InChI=1S/C10H13NO3/c1-10(2,3)7-5-4-6-8(12)9(7)11(13)14/h4-6,12H,1-3H3. The Morgan fingerprint density at radius 1 is 1.36 bits per heavy atom. The van der Waals surface area contributed by atoms with Gasteiger partial charge in [-0.2, -0.15) is 0 Å². The number of nitro benzene ring substituents is 1. The molecule has 0 radical (unpaired) electrons. The van der Waals surface area contributed by atoms with Crippen molar-refractivity contribution in [2.24, 2.45) is 0 Å². The molecule has 0 saturated heterocycles. The van der Waals surface area contributed by atoms with Crippen LogP contribution in [0, 0.1) is 10.1 Å². The van der Waals surface area contributed by atoms with E-state index in [-0.39, 0.29) is 16.9 Å². The van der Waals surface area contributed by atoms with Crippen LogP contribution in [0.2, 0.25) is 0 Å². The van der Waals surface area contributed by atoms with Crippen LogP contribution in [0.3, 0.4) is 0 Å². The minimum absolute atomic E-state index is 0.194. The van der Waals surface area contributed by atoms with E-state index in [1.165, 1.54) is 6.07 Å². The Bertz CT molecular complexity index is 366. The third-order valence-corrected chi connectivity index (χ3v) is 2.01. The summed E-state index contributed by atoms with van der Waals surface area (Å²) in [6.45, 7) is 5.61. The highest BCUT2D eigenvalue weighted by Crippen LogP contribution is 2.36. The molecule has 1 aromatic rings. The molecule has 1 N–H and O–H groups in total. The minimum atomic E-state index is -0.546. The molecule has 76 valence electrons. The summed E-state index contributed by atoms with van der Waals surface area (Å²) in [5.41, 5.74) is 0.00345. The van der Waals surface area contributed by atoms with Crippen molar-refractivity contribution < 1.29 is 10.0 Å². The molecule has 0 aromatic heterocycles. The molecule has 0 saturated carbocycles. The zero-order valence-corrected chi connectivity index (χ0v) is 8.44. The van der Waals surface area contributed by atoms with Gasteiger partial charge < -0.3 is 5.11 Å². The van der Waals surface area contributed by atoms with Gasteiger partial charge in [-0.3, -0.25) is 10.1 Å². The molecular weight excluding hydrogens is 182 g/mol. The molecule has 4 nitrogen and oxygen atoms in total. The van der Waals surface area contributed by atoms with E-state index in [4.69, 9.17) is 0 Å². The number of hydrogen-bond donors (Lipinski definition) is 1. The van der Waals surface area contributed by atoms with Gasteiger partial charge in [-0.05, 0) is 11.5 Å². The maximum atomic E-state index is 10.7. The van der Waals surface area contributed by atoms with E-state index >= 15 is 0 Å². The molecule has 4 heteroatoms. The van der Waals surface area contributed by atoms with Crippen molar-refractivity contribution in [1.82, 2.24) is 0 Å². The van der Waals surface area contributed by atoms with Gasteiger partial charge in [0, 0.05) is 5.56 Å². The molecule has 0 heterocycles. The highest BCUT2D eigenvalue weighted by Gasteiger charge is 2.27. The summed E-state index contributed by atoms with van der Waals surface area (Å²) in [4.78, 5) is 10.2. The Labute approximate surface area is 82.3 Å². The van der Waals surface area contributed by atoms with Gasteiger partial charge in [0.2, 0.25) is 0 Å². The smallest absolute Gasteiger partial charge is 0.314 e. The monoisotopic (exact) mass is 195 g/mol. The fourth-order valence-corrected chi connectivity index (χ4v) is 1.33. The molecule has 0 unspecified atom stereocenters. The van der Waals surface area contributed by atoms with E-state index in [1.54, 1.807) is 12.1 Å². The second-order valence-corrected chi connectivity index (χ2v) is 4.18. The number of phenols is 1. The molecule has 0 aliphatic heterocycles. The van der Waals surface area contributed by atoms with Gasteiger partial charge in [0.1, 0.15) is 0 Å². The van der Waals surface area contributed by atoms with Crippen LogP contribution in [0.1, 0.15) is 26.3 Å². The SMILES string of the molecule is CC(C)(C)c1cccc(O)c1[N+](=O)[O-]. The third-order valence-electron chi connectivity index (χ3n) is 2.01. The Kier molecular flexibility index (Phi) is 2.47. The number of hydrogen-bond acceptors (Lipinski definition) is 3. The summed E-state index contributed by atoms with van der Waals surface area (Å²) in [7, 11) is 0. The van der Waals surface area contributed by atoms with E-state index in [2.05, 4.69) is 0 Å². The maximum Gasteiger partial charge on any atom is 0.314 e. The van der Waals surface area contributed by atoms with Crippen LogP contribution in [-0.4, -0.2) is 10.0 Å². The lowest BCUT2D eigenvalue weighted by molar-refractivity contribution is -0.387. The highest BCUT2D eigenvalue weighted by molar-refractivity contribution is 5.54. The Morgan fingerprint density at radius 3 is 2.29 bits per heavy atom. The molecule has 0 atom stereocenters. The zero-order valence-electron chi connectivity index (χ0n) is 8.44. The van der Waals surface area contributed by atoms with E-state index < -0.39 is 4.92 Å². The summed E-state index contributed by atoms with van der Waals surface area (Å²) in [6.07, 6.45) is 0. The Morgan fingerprint density at radius 2 is 1.93 bits per heavy atom. The predicted molar refractivity (Wildman–Crippen MR) is 53.5 cm³/mol. The predicted octanol–water partition coefficient (Wildman–Crippen LogP) is 2.60. The van der Waals surface area contributed by atoms with Crippen molar-refractivity contribution in [2.45, 2.75) is 26.2 Å². The lowest BCUT2D eigenvalue weighted by Gasteiger charge is -2.18. The summed E-state index contributed by atoms with van der Waals surface area (Å²) in [6, 6.07) is 4.61. The number of phenolic OH excluding ortho intramolecular Hbond substituents is 1. The first-order valence-corrected chi connectivity index (χ1v) is 4.31. The highest BCUT2D eigenvalue weighted by atomic mass is 16.6. The molecule has 1 aromatic carbocycles. The Balaban J connectivity index is 3.44. The van der Waals surface area contributed by atoms with Crippen molar-refractivity contribution >= 4 is 5.69 Å². The van der Waals surface area contributed by atoms with Crippen LogP contribution in [0.5, 0.6) is 5.75 Å². The maximum absolute atomic E-state index is 10.7. The van der Waals surface area contributed by atoms with Crippen LogP contribution >= 0.6 is 0 Å². The lowest BCUT2D eigenvalue weighted by atomic mass is 9.85. The number of aromatic hydroxyl groups is 1. The van der Waals surface area contributed by atoms with Gasteiger partial charge in [-0.15, -0.1) is 0 Å². The number of rotatable bonds is 1. The second kappa shape index (κ2) is 3.29. The third kappa shape index (κ3) is 1.84. The largest absolute Gasteiger partial charge is 0.502 e. The minimum Gasteiger partial charge on any atom is -0.502 e. The molecule has 0 bridgehead atoms. The first kappa shape index (κ1) is 10.5. The Hall–Kier alpha value is -1.58. The average Bonchev–Trinajstić information content (AvgIpc) is 2.01. The van der Waals surface area contributed by atoms with Crippen molar-refractivity contribution in [3.63, 3.8) is 0 Å². The van der Waals surface area contributed by atoms with Crippen molar-refractivity contribution in [1.29, 1.82) is 0 Å². The number of para-hydroxylation sites is 1. The molecule has 0 aliphatic rings. The van der Waals surface area contributed by atoms with Crippen molar-refractivity contribution in [2.75, 3.05) is 0 Å². The van der Waals surface area contributed by atoms with Crippen molar-refractivity contribution in [3.8, 4) is 5.75 Å². The van der Waals surface area contributed by atoms with E-state index in [0.717, 1.165) is 0 Å². The quantitative estimate of drug-likeness (QED) is 0.553. The first-order valence-electron chi connectivity index (χ1n) is 4.31.